The number of benzene rings is 1. The van der Waals surface area contributed by atoms with E-state index in [9.17, 15) is 4.79 Å². The lowest BCUT2D eigenvalue weighted by atomic mass is 10.2. The summed E-state index contributed by atoms with van der Waals surface area (Å²) < 4.78 is 0. The van der Waals surface area contributed by atoms with Crippen molar-refractivity contribution in [2.45, 2.75) is 38.0 Å². The highest BCUT2D eigenvalue weighted by Crippen LogP contribution is 2.21. The van der Waals surface area contributed by atoms with Gasteiger partial charge >= 0.3 is 0 Å². The van der Waals surface area contributed by atoms with Gasteiger partial charge in [0.1, 0.15) is 5.38 Å². The number of halogens is 1. The molecule has 1 aliphatic heterocycles. The van der Waals surface area contributed by atoms with Crippen molar-refractivity contribution in [2.24, 2.45) is 0 Å². The van der Waals surface area contributed by atoms with Gasteiger partial charge in [0.15, 0.2) is 0 Å². The molecule has 1 aliphatic rings. The Balaban J connectivity index is 1.99. The highest BCUT2D eigenvalue weighted by molar-refractivity contribution is 6.32. The van der Waals surface area contributed by atoms with Gasteiger partial charge in [0.2, 0.25) is 5.91 Å². The molecule has 4 heteroatoms. The lowest BCUT2D eigenvalue weighted by Gasteiger charge is -2.22. The van der Waals surface area contributed by atoms with Crippen molar-refractivity contribution in [1.82, 2.24) is 0 Å². The van der Waals surface area contributed by atoms with Crippen molar-refractivity contribution in [1.29, 1.82) is 0 Å². The van der Waals surface area contributed by atoms with Crippen molar-refractivity contribution >= 4 is 28.9 Å². The molecule has 1 atom stereocenters. The summed E-state index contributed by atoms with van der Waals surface area (Å²) in [6, 6.07) is 8.02. The van der Waals surface area contributed by atoms with Crippen LogP contribution in [0.25, 0.3) is 0 Å². The Labute approximate surface area is 119 Å². The summed E-state index contributed by atoms with van der Waals surface area (Å²) in [7, 11) is 0. The molecule has 1 fully saturated rings. The average Bonchev–Trinajstić information content (AvgIpc) is 2.68. The number of carbonyl (C=O) groups excluding carboxylic acids is 1. The fourth-order valence-electron chi connectivity index (χ4n) is 2.33. The highest BCUT2D eigenvalue weighted by atomic mass is 35.5. The molecule has 0 aliphatic carbocycles. The fourth-order valence-corrected chi connectivity index (χ4v) is 2.38. The minimum Gasteiger partial charge on any atom is -0.372 e. The SMILES string of the molecule is C[C@H](Cl)C(=O)Nc1ccc(N2CCCCCC2)cc1. The summed E-state index contributed by atoms with van der Waals surface area (Å²) in [4.78, 5) is 13.9. The van der Waals surface area contributed by atoms with Crippen molar-refractivity contribution in [2.75, 3.05) is 23.3 Å². The van der Waals surface area contributed by atoms with Gasteiger partial charge in [-0.3, -0.25) is 4.79 Å². The normalized spacial score (nSPS) is 17.7. The maximum absolute atomic E-state index is 11.5. The molecule has 1 saturated heterocycles. The van der Waals surface area contributed by atoms with Gasteiger partial charge in [-0.05, 0) is 44.0 Å². The number of anilines is 2. The minimum atomic E-state index is -0.509. The highest BCUT2D eigenvalue weighted by Gasteiger charge is 2.11. The van der Waals surface area contributed by atoms with Crippen LogP contribution in [0.2, 0.25) is 0 Å². The first kappa shape index (κ1) is 14.2. The van der Waals surface area contributed by atoms with Gasteiger partial charge in [-0.15, -0.1) is 11.6 Å². The van der Waals surface area contributed by atoms with Crippen LogP contribution in [0.5, 0.6) is 0 Å². The van der Waals surface area contributed by atoms with Gasteiger partial charge in [0.25, 0.3) is 0 Å². The molecule has 0 radical (unpaired) electrons. The predicted octanol–water partition coefficient (Wildman–Crippen LogP) is 3.63. The van der Waals surface area contributed by atoms with E-state index in [-0.39, 0.29) is 5.91 Å². The number of hydrogen-bond donors (Lipinski definition) is 1. The van der Waals surface area contributed by atoms with Gasteiger partial charge in [-0.1, -0.05) is 12.8 Å². The summed E-state index contributed by atoms with van der Waals surface area (Å²) in [5.41, 5.74) is 2.04. The first-order chi connectivity index (χ1) is 9.16. The summed E-state index contributed by atoms with van der Waals surface area (Å²) in [6.07, 6.45) is 5.20. The second kappa shape index (κ2) is 6.80. The molecule has 2 rings (SSSR count). The predicted molar refractivity (Wildman–Crippen MR) is 81.1 cm³/mol. The monoisotopic (exact) mass is 280 g/mol. The Bertz CT molecular complexity index is 409. The van der Waals surface area contributed by atoms with E-state index in [0.717, 1.165) is 18.8 Å². The van der Waals surface area contributed by atoms with Crippen molar-refractivity contribution in [3.63, 3.8) is 0 Å². The molecule has 3 nitrogen and oxygen atoms in total. The van der Waals surface area contributed by atoms with E-state index in [1.165, 1.54) is 31.4 Å². The van der Waals surface area contributed by atoms with Gasteiger partial charge < -0.3 is 10.2 Å². The Morgan fingerprint density at radius 1 is 1.16 bits per heavy atom. The fraction of sp³-hybridized carbons (Fsp3) is 0.533. The number of amides is 1. The van der Waals surface area contributed by atoms with Gasteiger partial charge in [-0.2, -0.15) is 0 Å². The number of nitrogens with one attached hydrogen (secondary N) is 1. The van der Waals surface area contributed by atoms with E-state index in [1.54, 1.807) is 6.92 Å². The average molecular weight is 281 g/mol. The van der Waals surface area contributed by atoms with E-state index in [0.29, 0.717) is 0 Å². The van der Waals surface area contributed by atoms with Crippen LogP contribution < -0.4 is 10.2 Å². The molecular formula is C15H21ClN2O. The Hall–Kier alpha value is -1.22. The molecule has 1 heterocycles. The first-order valence-electron chi connectivity index (χ1n) is 6.97. The first-order valence-corrected chi connectivity index (χ1v) is 7.40. The Morgan fingerprint density at radius 3 is 2.26 bits per heavy atom. The van der Waals surface area contributed by atoms with Crippen molar-refractivity contribution in [3.05, 3.63) is 24.3 Å². The lowest BCUT2D eigenvalue weighted by Crippen LogP contribution is -2.24. The van der Waals surface area contributed by atoms with E-state index in [4.69, 9.17) is 11.6 Å². The maximum atomic E-state index is 11.5. The van der Waals surface area contributed by atoms with Gasteiger partial charge in [0, 0.05) is 24.5 Å². The number of rotatable bonds is 3. The quantitative estimate of drug-likeness (QED) is 0.858. The summed E-state index contributed by atoms with van der Waals surface area (Å²) >= 11 is 5.73. The number of hydrogen-bond acceptors (Lipinski definition) is 2. The molecule has 1 aromatic rings. The molecule has 19 heavy (non-hydrogen) atoms. The second-order valence-electron chi connectivity index (χ2n) is 5.05. The Morgan fingerprint density at radius 2 is 1.74 bits per heavy atom. The van der Waals surface area contributed by atoms with Crippen molar-refractivity contribution in [3.8, 4) is 0 Å². The van der Waals surface area contributed by atoms with Crippen LogP contribution in [0.3, 0.4) is 0 Å². The molecule has 1 aromatic carbocycles. The van der Waals surface area contributed by atoms with E-state index >= 15 is 0 Å². The third-order valence-corrected chi connectivity index (χ3v) is 3.67. The molecule has 104 valence electrons. The molecular weight excluding hydrogens is 260 g/mol. The van der Waals surface area contributed by atoms with Crippen LogP contribution in [-0.2, 0) is 4.79 Å². The van der Waals surface area contributed by atoms with E-state index < -0.39 is 5.38 Å². The smallest absolute Gasteiger partial charge is 0.242 e. The number of carbonyl (C=O) groups is 1. The number of nitrogens with zero attached hydrogens (tertiary/aromatic N) is 1. The third kappa shape index (κ3) is 4.13. The minimum absolute atomic E-state index is 0.163. The zero-order chi connectivity index (χ0) is 13.7. The molecule has 0 spiro atoms. The van der Waals surface area contributed by atoms with Gasteiger partial charge in [0.05, 0.1) is 0 Å². The number of alkyl halides is 1. The zero-order valence-corrected chi connectivity index (χ0v) is 12.1. The molecule has 0 bridgehead atoms. The van der Waals surface area contributed by atoms with Crippen LogP contribution in [0.1, 0.15) is 32.6 Å². The Kier molecular flexibility index (Phi) is 5.08. The van der Waals surface area contributed by atoms with Crippen LogP contribution >= 0.6 is 11.6 Å². The van der Waals surface area contributed by atoms with Crippen LogP contribution in [0.15, 0.2) is 24.3 Å². The van der Waals surface area contributed by atoms with E-state index in [2.05, 4.69) is 22.3 Å². The standard InChI is InChI=1S/C15H21ClN2O/c1-12(16)15(19)17-13-6-8-14(9-7-13)18-10-4-2-3-5-11-18/h6-9,12H,2-5,10-11H2,1H3,(H,17,19)/t12-/m0/s1. The molecule has 0 saturated carbocycles. The zero-order valence-electron chi connectivity index (χ0n) is 11.4. The largest absolute Gasteiger partial charge is 0.372 e. The van der Waals surface area contributed by atoms with E-state index in [1.807, 2.05) is 12.1 Å². The summed E-state index contributed by atoms with van der Waals surface area (Å²) in [5, 5.41) is 2.29. The van der Waals surface area contributed by atoms with Crippen LogP contribution in [0, 0.1) is 0 Å². The topological polar surface area (TPSA) is 32.3 Å². The second-order valence-corrected chi connectivity index (χ2v) is 5.71. The third-order valence-electron chi connectivity index (χ3n) is 3.47. The molecule has 0 unspecified atom stereocenters. The van der Waals surface area contributed by atoms with Crippen LogP contribution in [-0.4, -0.2) is 24.4 Å². The molecule has 1 N–H and O–H groups in total. The van der Waals surface area contributed by atoms with Gasteiger partial charge in [-0.25, -0.2) is 0 Å². The summed E-state index contributed by atoms with van der Waals surface area (Å²) in [6.45, 7) is 3.93. The maximum Gasteiger partial charge on any atom is 0.242 e. The molecule has 0 aromatic heterocycles. The lowest BCUT2D eigenvalue weighted by molar-refractivity contribution is -0.115. The van der Waals surface area contributed by atoms with Crippen molar-refractivity contribution < 1.29 is 4.79 Å². The molecule has 1 amide bonds. The summed E-state index contributed by atoms with van der Waals surface area (Å²) in [5.74, 6) is -0.163. The van der Waals surface area contributed by atoms with Crippen LogP contribution in [0.4, 0.5) is 11.4 Å².